The highest BCUT2D eigenvalue weighted by molar-refractivity contribution is 6.26. The molecule has 0 bridgehead atoms. The predicted molar refractivity (Wildman–Crippen MR) is 257 cm³/mol. The molecule has 2 aromatic heterocycles. The number of aromatic nitrogens is 1. The molecular formula is C57H38N4O2. The van der Waals surface area contributed by atoms with Crippen LogP contribution in [0.5, 0.6) is 0 Å². The molecule has 298 valence electrons. The normalized spacial score (nSPS) is 15.4. The molecule has 63 heavy (non-hydrogen) atoms. The second kappa shape index (κ2) is 13.5. The van der Waals surface area contributed by atoms with Gasteiger partial charge in [0.2, 0.25) is 5.89 Å². The molecule has 1 N–H and O–H groups in total. The van der Waals surface area contributed by atoms with Crippen LogP contribution in [0.1, 0.15) is 47.8 Å². The van der Waals surface area contributed by atoms with Crippen molar-refractivity contribution < 1.29 is 8.83 Å². The third-order valence-corrected chi connectivity index (χ3v) is 13.2. The van der Waals surface area contributed by atoms with Crippen LogP contribution < -0.4 is 5.32 Å². The summed E-state index contributed by atoms with van der Waals surface area (Å²) in [4.78, 5) is 15.6. The first-order valence-electron chi connectivity index (χ1n) is 21.4. The smallest absolute Gasteiger partial charge is 0.227 e. The Kier molecular flexibility index (Phi) is 7.61. The Morgan fingerprint density at radius 1 is 0.508 bits per heavy atom. The topological polar surface area (TPSA) is 75.9 Å². The maximum absolute atomic E-state index is 6.74. The average Bonchev–Trinajstić information content (AvgIpc) is 4.02. The fourth-order valence-corrected chi connectivity index (χ4v) is 9.98. The largest absolute Gasteiger partial charge is 0.456 e. The van der Waals surface area contributed by atoms with Crippen LogP contribution in [-0.4, -0.2) is 16.7 Å². The Balaban J connectivity index is 0.963. The molecule has 1 aliphatic carbocycles. The van der Waals surface area contributed by atoms with Crippen molar-refractivity contribution in [2.24, 2.45) is 9.98 Å². The molecule has 9 aromatic carbocycles. The third kappa shape index (κ3) is 5.54. The molecule has 0 saturated heterocycles. The van der Waals surface area contributed by atoms with Crippen LogP contribution in [0.15, 0.2) is 201 Å². The third-order valence-electron chi connectivity index (χ3n) is 13.2. The molecule has 6 heteroatoms. The van der Waals surface area contributed by atoms with Crippen molar-refractivity contribution in [1.82, 2.24) is 10.3 Å². The Bertz CT molecular complexity index is 3740. The van der Waals surface area contributed by atoms with Gasteiger partial charge in [-0.2, -0.15) is 0 Å². The van der Waals surface area contributed by atoms with E-state index in [0.717, 1.165) is 82.7 Å². The van der Waals surface area contributed by atoms with Gasteiger partial charge in [0.05, 0.1) is 5.39 Å². The summed E-state index contributed by atoms with van der Waals surface area (Å²) in [7, 11) is 0. The van der Waals surface area contributed by atoms with Crippen LogP contribution in [0.2, 0.25) is 0 Å². The van der Waals surface area contributed by atoms with Crippen LogP contribution in [-0.2, 0) is 5.41 Å². The quantitative estimate of drug-likeness (QED) is 0.188. The predicted octanol–water partition coefficient (Wildman–Crippen LogP) is 14.2. The fraction of sp³-hybridized carbons (Fsp3) is 0.0702. The van der Waals surface area contributed by atoms with E-state index < -0.39 is 0 Å². The number of hydrogen-bond donors (Lipinski definition) is 1. The second-order valence-electron chi connectivity index (χ2n) is 17.2. The standard InChI is InChI=1S/C57H38N4O2/c1-57(2)45-18-9-8-16-41(45)44-32-39(25-27-46(44)57)55-60-53(37-22-19-34(20-23-37)33-11-4-3-5-12-33)59-54(61-55)38-24-21-36-26-29-48-50(43(36)31-38)51-49(62-48)30-28-47-52(51)63-56(58-47)42-17-10-14-35-13-6-7-15-40(35)42/h3-32,55H,1-2H3,(H,59,60,61). The highest BCUT2D eigenvalue weighted by Gasteiger charge is 2.36. The minimum absolute atomic E-state index is 0.0888. The maximum atomic E-state index is 6.74. The lowest BCUT2D eigenvalue weighted by atomic mass is 9.82. The molecule has 0 saturated carbocycles. The maximum Gasteiger partial charge on any atom is 0.227 e. The van der Waals surface area contributed by atoms with Crippen LogP contribution >= 0.6 is 0 Å². The lowest BCUT2D eigenvalue weighted by molar-refractivity contribution is 0.623. The number of benzene rings is 9. The van der Waals surface area contributed by atoms with Crippen molar-refractivity contribution in [2.75, 3.05) is 0 Å². The zero-order chi connectivity index (χ0) is 41.8. The van der Waals surface area contributed by atoms with Gasteiger partial charge in [-0.25, -0.2) is 15.0 Å². The van der Waals surface area contributed by atoms with Crippen molar-refractivity contribution in [3.63, 3.8) is 0 Å². The molecule has 0 amide bonds. The molecule has 1 unspecified atom stereocenters. The zero-order valence-corrected chi connectivity index (χ0v) is 34.6. The van der Waals surface area contributed by atoms with Crippen molar-refractivity contribution >= 4 is 66.3 Å². The van der Waals surface area contributed by atoms with Gasteiger partial charge in [0, 0.05) is 27.5 Å². The number of hydrogen-bond acceptors (Lipinski definition) is 6. The van der Waals surface area contributed by atoms with Crippen LogP contribution in [0.3, 0.4) is 0 Å². The summed E-state index contributed by atoms with van der Waals surface area (Å²) >= 11 is 0. The zero-order valence-electron chi connectivity index (χ0n) is 34.6. The summed E-state index contributed by atoms with van der Waals surface area (Å²) in [6.45, 7) is 4.63. The minimum atomic E-state index is -0.384. The lowest BCUT2D eigenvalue weighted by Crippen LogP contribution is -2.33. The van der Waals surface area contributed by atoms with Gasteiger partial charge in [-0.15, -0.1) is 0 Å². The Morgan fingerprint density at radius 2 is 1.19 bits per heavy atom. The number of furan rings is 1. The number of fused-ring (bicyclic) bond motifs is 11. The van der Waals surface area contributed by atoms with Gasteiger partial charge in [0.1, 0.15) is 28.7 Å². The van der Waals surface area contributed by atoms with Gasteiger partial charge in [-0.1, -0.05) is 159 Å². The Labute approximate surface area is 362 Å². The van der Waals surface area contributed by atoms with Crippen molar-refractivity contribution in [3.8, 4) is 33.7 Å². The lowest BCUT2D eigenvalue weighted by Gasteiger charge is -2.25. The fourth-order valence-electron chi connectivity index (χ4n) is 9.98. The van der Waals surface area contributed by atoms with Crippen LogP contribution in [0, 0.1) is 0 Å². The number of nitrogens with zero attached hydrogens (tertiary/aromatic N) is 3. The highest BCUT2D eigenvalue weighted by atomic mass is 16.4. The van der Waals surface area contributed by atoms with Crippen molar-refractivity contribution in [1.29, 1.82) is 0 Å². The van der Waals surface area contributed by atoms with Gasteiger partial charge in [0.15, 0.2) is 11.4 Å². The van der Waals surface area contributed by atoms with Gasteiger partial charge in [-0.3, -0.25) is 0 Å². The molecule has 1 aliphatic heterocycles. The number of nitrogens with one attached hydrogen (secondary N) is 1. The van der Waals surface area contributed by atoms with Crippen molar-refractivity contribution in [3.05, 3.63) is 210 Å². The summed E-state index contributed by atoms with van der Waals surface area (Å²) in [5.41, 5.74) is 14.4. The molecular weight excluding hydrogens is 773 g/mol. The van der Waals surface area contributed by atoms with Crippen LogP contribution in [0.4, 0.5) is 0 Å². The van der Waals surface area contributed by atoms with Gasteiger partial charge < -0.3 is 14.2 Å². The van der Waals surface area contributed by atoms with Gasteiger partial charge in [-0.05, 0) is 96.9 Å². The molecule has 1 atom stereocenters. The SMILES string of the molecule is CC1(C)c2ccccc2-c2cc(C3N=C(c4ccc(-c5ccccc5)cc4)N=C(c4ccc5ccc6oc7ccc8nc(-c9cccc%10ccccc9%10)oc8c7c6c5c4)N3)ccc21. The second-order valence-corrected chi connectivity index (χ2v) is 17.2. The monoisotopic (exact) mass is 810 g/mol. The van der Waals surface area contributed by atoms with E-state index in [2.05, 4.69) is 183 Å². The minimum Gasteiger partial charge on any atom is -0.456 e. The average molecular weight is 811 g/mol. The number of aliphatic imine (C=N–C) groups is 2. The number of rotatable bonds is 5. The summed E-state index contributed by atoms with van der Waals surface area (Å²) < 4.78 is 13.3. The first-order valence-corrected chi connectivity index (χ1v) is 21.4. The number of amidine groups is 2. The van der Waals surface area contributed by atoms with E-state index in [4.69, 9.17) is 23.8 Å². The molecule has 0 fully saturated rings. The van der Waals surface area contributed by atoms with Gasteiger partial charge >= 0.3 is 0 Å². The first-order chi connectivity index (χ1) is 30.9. The summed E-state index contributed by atoms with van der Waals surface area (Å²) in [5.74, 6) is 2.00. The van der Waals surface area contributed by atoms with Crippen molar-refractivity contribution in [2.45, 2.75) is 25.4 Å². The summed E-state index contributed by atoms with van der Waals surface area (Å²) in [6, 6.07) is 63.9. The van der Waals surface area contributed by atoms with E-state index in [9.17, 15) is 0 Å². The van der Waals surface area contributed by atoms with E-state index in [-0.39, 0.29) is 11.6 Å². The highest BCUT2D eigenvalue weighted by Crippen LogP contribution is 2.49. The Morgan fingerprint density at radius 3 is 2.10 bits per heavy atom. The van der Waals surface area contributed by atoms with E-state index in [1.807, 2.05) is 18.2 Å². The van der Waals surface area contributed by atoms with E-state index >= 15 is 0 Å². The first kappa shape index (κ1) is 35.6. The molecule has 11 aromatic rings. The summed E-state index contributed by atoms with van der Waals surface area (Å²) in [5, 5.41) is 10.0. The van der Waals surface area contributed by atoms with Crippen LogP contribution in [0.25, 0.3) is 88.3 Å². The van der Waals surface area contributed by atoms with E-state index in [1.54, 1.807) is 0 Å². The molecule has 3 heterocycles. The molecule has 0 spiro atoms. The molecule has 0 radical (unpaired) electrons. The van der Waals surface area contributed by atoms with E-state index in [0.29, 0.717) is 17.3 Å². The van der Waals surface area contributed by atoms with Gasteiger partial charge in [0.25, 0.3) is 0 Å². The molecule has 6 nitrogen and oxygen atoms in total. The Hall–Kier alpha value is -8.09. The van der Waals surface area contributed by atoms with E-state index in [1.165, 1.54) is 27.8 Å². The summed E-state index contributed by atoms with van der Waals surface area (Å²) in [6.07, 6.45) is -0.384. The molecule has 2 aliphatic rings. The number of oxazole rings is 1. The molecule has 13 rings (SSSR count).